The van der Waals surface area contributed by atoms with E-state index in [2.05, 4.69) is 15.1 Å². The molecule has 0 radical (unpaired) electrons. The molecule has 0 aliphatic rings. The summed E-state index contributed by atoms with van der Waals surface area (Å²) in [6, 6.07) is 6.38. The van der Waals surface area contributed by atoms with Crippen LogP contribution in [-0.4, -0.2) is 28.5 Å². The molecule has 3 rings (SSSR count). The van der Waals surface area contributed by atoms with Gasteiger partial charge in [0.15, 0.2) is 0 Å². The number of nitrogens with zero attached hydrogens (tertiary/aromatic N) is 3. The van der Waals surface area contributed by atoms with E-state index in [1.165, 1.54) is 19.2 Å². The predicted octanol–water partition coefficient (Wildman–Crippen LogP) is 2.74. The average Bonchev–Trinajstić information content (AvgIpc) is 2.47. The van der Waals surface area contributed by atoms with Gasteiger partial charge in [0.2, 0.25) is 0 Å². The highest BCUT2D eigenvalue weighted by molar-refractivity contribution is 6.06. The number of ether oxygens (including phenoxy) is 1. The summed E-state index contributed by atoms with van der Waals surface area (Å²) in [5, 5.41) is 12.5. The van der Waals surface area contributed by atoms with Gasteiger partial charge in [-0.3, -0.25) is 4.98 Å². The van der Waals surface area contributed by atoms with Crippen LogP contribution in [0.5, 0.6) is 5.75 Å². The summed E-state index contributed by atoms with van der Waals surface area (Å²) in [5.41, 5.74) is 1.29. The third-order valence-corrected chi connectivity index (χ3v) is 3.00. The molecule has 1 aromatic carbocycles. The van der Waals surface area contributed by atoms with Crippen LogP contribution >= 0.6 is 0 Å². The normalized spacial score (nSPS) is 11.5. The van der Waals surface area contributed by atoms with Crippen LogP contribution in [0.1, 0.15) is 5.69 Å². The van der Waals surface area contributed by atoms with Crippen LogP contribution in [0, 0.1) is 5.82 Å². The number of methoxy groups -OCH3 is 1. The van der Waals surface area contributed by atoms with Gasteiger partial charge >= 0.3 is 0 Å². The van der Waals surface area contributed by atoms with Crippen LogP contribution < -0.4 is 4.74 Å². The molecule has 20 heavy (non-hydrogen) atoms. The molecule has 6 heteroatoms. The van der Waals surface area contributed by atoms with Crippen molar-refractivity contribution in [1.29, 1.82) is 0 Å². The van der Waals surface area contributed by atoms with Crippen molar-refractivity contribution in [3.63, 3.8) is 0 Å². The molecule has 0 aliphatic carbocycles. The lowest BCUT2D eigenvalue weighted by molar-refractivity contribution is 0.321. The number of rotatable bonds is 2. The largest absolute Gasteiger partial charge is 0.496 e. The van der Waals surface area contributed by atoms with Crippen molar-refractivity contribution in [1.82, 2.24) is 9.97 Å². The fourth-order valence-electron chi connectivity index (χ4n) is 2.17. The van der Waals surface area contributed by atoms with Crippen molar-refractivity contribution in [3.8, 4) is 5.75 Å². The zero-order valence-electron chi connectivity index (χ0n) is 10.5. The highest BCUT2D eigenvalue weighted by atomic mass is 19.1. The fourth-order valence-corrected chi connectivity index (χ4v) is 2.17. The Balaban J connectivity index is 2.52. The maximum atomic E-state index is 14.3. The fraction of sp³-hybridized carbons (Fsp3) is 0.0714. The molecular formula is C14H10FN3O2. The van der Waals surface area contributed by atoms with Crippen molar-refractivity contribution in [3.05, 3.63) is 42.0 Å². The molecule has 0 bridgehead atoms. The smallest absolute Gasteiger partial charge is 0.137 e. The lowest BCUT2D eigenvalue weighted by Gasteiger charge is -2.09. The van der Waals surface area contributed by atoms with Crippen molar-refractivity contribution < 1.29 is 14.3 Å². The van der Waals surface area contributed by atoms with Crippen LogP contribution in [0.15, 0.2) is 35.6 Å². The maximum absolute atomic E-state index is 14.3. The number of benzene rings is 1. The SMILES string of the molecule is COc1cc(/C=N/O)nc2c1c(F)cc1cccnc12. The van der Waals surface area contributed by atoms with Gasteiger partial charge in [-0.1, -0.05) is 11.2 Å². The highest BCUT2D eigenvalue weighted by Crippen LogP contribution is 2.32. The minimum Gasteiger partial charge on any atom is -0.496 e. The summed E-state index contributed by atoms with van der Waals surface area (Å²) >= 11 is 0. The predicted molar refractivity (Wildman–Crippen MR) is 72.9 cm³/mol. The monoisotopic (exact) mass is 271 g/mol. The molecular weight excluding hydrogens is 261 g/mol. The topological polar surface area (TPSA) is 67.6 Å². The quantitative estimate of drug-likeness (QED) is 0.337. The number of halogens is 1. The molecule has 1 N–H and O–H groups in total. The van der Waals surface area contributed by atoms with Gasteiger partial charge in [0.05, 0.1) is 29.9 Å². The molecule has 3 aromatic rings. The van der Waals surface area contributed by atoms with Crippen molar-refractivity contribution in [2.24, 2.45) is 5.16 Å². The molecule has 0 spiro atoms. The Kier molecular flexibility index (Phi) is 2.90. The van der Waals surface area contributed by atoms with Crippen LogP contribution in [0.2, 0.25) is 0 Å². The summed E-state index contributed by atoms with van der Waals surface area (Å²) in [7, 11) is 1.44. The molecule has 0 unspecified atom stereocenters. The van der Waals surface area contributed by atoms with Gasteiger partial charge in [-0.2, -0.15) is 0 Å². The number of pyridine rings is 2. The first-order valence-electron chi connectivity index (χ1n) is 5.84. The lowest BCUT2D eigenvalue weighted by Crippen LogP contribution is -1.97. The number of fused-ring (bicyclic) bond motifs is 3. The number of aromatic nitrogens is 2. The minimum absolute atomic E-state index is 0.258. The van der Waals surface area contributed by atoms with Crippen molar-refractivity contribution >= 4 is 28.0 Å². The molecule has 100 valence electrons. The van der Waals surface area contributed by atoms with Crippen LogP contribution in [0.4, 0.5) is 4.39 Å². The van der Waals surface area contributed by atoms with Gasteiger partial charge in [-0.25, -0.2) is 9.37 Å². The Labute approximate surface area is 113 Å². The van der Waals surface area contributed by atoms with Gasteiger partial charge in [-0.05, 0) is 12.1 Å². The molecule has 0 saturated carbocycles. The molecule has 0 fully saturated rings. The molecule has 0 amide bonds. The van der Waals surface area contributed by atoms with E-state index in [1.54, 1.807) is 18.3 Å². The Morgan fingerprint density at radius 3 is 2.95 bits per heavy atom. The van der Waals surface area contributed by atoms with E-state index in [0.717, 1.165) is 6.21 Å². The Morgan fingerprint density at radius 1 is 1.35 bits per heavy atom. The highest BCUT2D eigenvalue weighted by Gasteiger charge is 2.14. The molecule has 2 aromatic heterocycles. The Hall–Kier alpha value is -2.76. The molecule has 0 saturated heterocycles. The van der Waals surface area contributed by atoms with E-state index in [0.29, 0.717) is 27.9 Å². The second kappa shape index (κ2) is 4.73. The Morgan fingerprint density at radius 2 is 2.20 bits per heavy atom. The van der Waals surface area contributed by atoms with E-state index in [4.69, 9.17) is 9.94 Å². The third-order valence-electron chi connectivity index (χ3n) is 3.00. The van der Waals surface area contributed by atoms with Gasteiger partial charge < -0.3 is 9.94 Å². The van der Waals surface area contributed by atoms with Crippen molar-refractivity contribution in [2.45, 2.75) is 0 Å². The summed E-state index contributed by atoms with van der Waals surface area (Å²) in [6.07, 6.45) is 2.77. The zero-order valence-corrected chi connectivity index (χ0v) is 10.5. The maximum Gasteiger partial charge on any atom is 0.137 e. The van der Waals surface area contributed by atoms with E-state index >= 15 is 0 Å². The van der Waals surface area contributed by atoms with Crippen LogP contribution in [0.3, 0.4) is 0 Å². The van der Waals surface area contributed by atoms with E-state index in [1.807, 2.05) is 0 Å². The Bertz CT molecular complexity index is 833. The summed E-state index contributed by atoms with van der Waals surface area (Å²) in [6.45, 7) is 0. The van der Waals surface area contributed by atoms with Gasteiger partial charge in [0.25, 0.3) is 0 Å². The second-order valence-electron chi connectivity index (χ2n) is 4.15. The third kappa shape index (κ3) is 1.82. The number of hydrogen-bond donors (Lipinski definition) is 1. The lowest BCUT2D eigenvalue weighted by atomic mass is 10.1. The first kappa shape index (κ1) is 12.3. The average molecular weight is 271 g/mol. The van der Waals surface area contributed by atoms with Crippen LogP contribution in [0.25, 0.3) is 21.8 Å². The first-order chi connectivity index (χ1) is 9.74. The molecule has 5 nitrogen and oxygen atoms in total. The van der Waals surface area contributed by atoms with Gasteiger partial charge in [0.1, 0.15) is 17.1 Å². The van der Waals surface area contributed by atoms with Crippen molar-refractivity contribution in [2.75, 3.05) is 7.11 Å². The molecule has 0 aliphatic heterocycles. The van der Waals surface area contributed by atoms with E-state index in [-0.39, 0.29) is 5.39 Å². The van der Waals surface area contributed by atoms with E-state index in [9.17, 15) is 4.39 Å². The van der Waals surface area contributed by atoms with E-state index < -0.39 is 5.82 Å². The first-order valence-corrected chi connectivity index (χ1v) is 5.84. The van der Waals surface area contributed by atoms with Gasteiger partial charge in [-0.15, -0.1) is 0 Å². The summed E-state index contributed by atoms with van der Waals surface area (Å²) < 4.78 is 19.4. The second-order valence-corrected chi connectivity index (χ2v) is 4.15. The van der Waals surface area contributed by atoms with Gasteiger partial charge in [0, 0.05) is 17.6 Å². The summed E-state index contributed by atoms with van der Waals surface area (Å²) in [4.78, 5) is 8.51. The molecule has 2 heterocycles. The standard InChI is InChI=1S/C14H10FN3O2/c1-20-11-6-9(7-17-19)18-14-12(11)10(15)5-8-3-2-4-16-13(8)14/h2-7,19H,1H3/b17-7+. The summed E-state index contributed by atoms with van der Waals surface area (Å²) in [5.74, 6) is -0.118. The number of hydrogen-bond acceptors (Lipinski definition) is 5. The zero-order chi connectivity index (χ0) is 14.1. The number of oxime groups is 1. The molecule has 0 atom stereocenters. The van der Waals surface area contributed by atoms with Crippen LogP contribution in [-0.2, 0) is 0 Å². The minimum atomic E-state index is -0.433.